The second kappa shape index (κ2) is 7.55. The Morgan fingerprint density at radius 3 is 2.53 bits per heavy atom. The molecule has 1 rings (SSSR count). The molecule has 0 radical (unpaired) electrons. The monoisotopic (exact) mass is 335 g/mol. The molecule has 0 aliphatic rings. The Bertz CT molecular complexity index is 431. The molecule has 2 N–H and O–H groups in total. The Labute approximate surface area is 119 Å². The van der Waals surface area contributed by atoms with Gasteiger partial charge in [0.15, 0.2) is 0 Å². The van der Waals surface area contributed by atoms with E-state index in [1.165, 1.54) is 0 Å². The molecule has 19 heavy (non-hydrogen) atoms. The molecular weight excluding hydrogens is 320 g/mol. The predicted molar refractivity (Wildman–Crippen MR) is 71.9 cm³/mol. The number of halogens is 3. The molecule has 1 unspecified atom stereocenters. The van der Waals surface area contributed by atoms with Gasteiger partial charge in [-0.05, 0) is 30.9 Å². The summed E-state index contributed by atoms with van der Waals surface area (Å²) in [5, 5.41) is 11.3. The summed E-state index contributed by atoms with van der Waals surface area (Å²) in [5.41, 5.74) is -0.571. The van der Waals surface area contributed by atoms with Crippen LogP contribution in [-0.2, 0) is 0 Å². The summed E-state index contributed by atoms with van der Waals surface area (Å²) < 4.78 is 27.2. The van der Waals surface area contributed by atoms with E-state index in [-0.39, 0.29) is 17.0 Å². The van der Waals surface area contributed by atoms with Crippen LogP contribution in [-0.4, -0.2) is 24.2 Å². The number of hydrogen-bond donors (Lipinski definition) is 2. The standard InChI is InChI=1S/C13H16BrF2NO2/c1-8(7-18)3-2-4-17-13(19)12-10(15)5-9(14)6-11(12)16/h5-6,8,18H,2-4,7H2,1H3,(H,17,19). The van der Waals surface area contributed by atoms with Gasteiger partial charge in [-0.1, -0.05) is 22.9 Å². The minimum atomic E-state index is -0.895. The minimum absolute atomic E-state index is 0.0872. The van der Waals surface area contributed by atoms with Crippen molar-refractivity contribution in [1.82, 2.24) is 5.32 Å². The van der Waals surface area contributed by atoms with Crippen LogP contribution in [0.1, 0.15) is 30.1 Å². The number of amides is 1. The van der Waals surface area contributed by atoms with Gasteiger partial charge in [-0.3, -0.25) is 4.79 Å². The maximum absolute atomic E-state index is 13.5. The van der Waals surface area contributed by atoms with Crippen LogP contribution in [0.25, 0.3) is 0 Å². The van der Waals surface area contributed by atoms with Crippen LogP contribution in [0, 0.1) is 17.6 Å². The molecule has 106 valence electrons. The largest absolute Gasteiger partial charge is 0.396 e. The van der Waals surface area contributed by atoms with Crippen molar-refractivity contribution in [3.8, 4) is 0 Å². The van der Waals surface area contributed by atoms with E-state index in [9.17, 15) is 13.6 Å². The molecule has 0 saturated heterocycles. The van der Waals surface area contributed by atoms with Crippen LogP contribution >= 0.6 is 15.9 Å². The van der Waals surface area contributed by atoms with Crippen molar-refractivity contribution in [2.45, 2.75) is 19.8 Å². The molecule has 0 aliphatic carbocycles. The number of benzene rings is 1. The van der Waals surface area contributed by atoms with Gasteiger partial charge in [-0.2, -0.15) is 0 Å². The maximum Gasteiger partial charge on any atom is 0.257 e. The number of carbonyl (C=O) groups is 1. The van der Waals surface area contributed by atoms with Crippen LogP contribution in [0.15, 0.2) is 16.6 Å². The van der Waals surface area contributed by atoms with E-state index in [2.05, 4.69) is 21.2 Å². The van der Waals surface area contributed by atoms with Crippen LogP contribution in [0.2, 0.25) is 0 Å². The van der Waals surface area contributed by atoms with Gasteiger partial charge in [0, 0.05) is 17.6 Å². The summed E-state index contributed by atoms with van der Waals surface area (Å²) in [4.78, 5) is 11.7. The van der Waals surface area contributed by atoms with Gasteiger partial charge in [0.05, 0.1) is 0 Å². The summed E-state index contributed by atoms with van der Waals surface area (Å²) in [6.45, 7) is 2.29. The SMILES string of the molecule is CC(CO)CCCNC(=O)c1c(F)cc(Br)cc1F. The van der Waals surface area contributed by atoms with E-state index < -0.39 is 23.1 Å². The lowest BCUT2D eigenvalue weighted by Gasteiger charge is -2.09. The Hall–Kier alpha value is -1.01. The number of hydrogen-bond acceptors (Lipinski definition) is 2. The molecule has 1 amide bonds. The van der Waals surface area contributed by atoms with Crippen LogP contribution in [0.3, 0.4) is 0 Å². The second-order valence-electron chi connectivity index (χ2n) is 4.43. The van der Waals surface area contributed by atoms with Crippen molar-refractivity contribution in [2.75, 3.05) is 13.2 Å². The first-order valence-electron chi connectivity index (χ1n) is 5.99. The third kappa shape index (κ3) is 4.87. The normalized spacial score (nSPS) is 12.3. The summed E-state index contributed by atoms with van der Waals surface area (Å²) in [6, 6.07) is 2.09. The minimum Gasteiger partial charge on any atom is -0.396 e. The molecule has 0 spiro atoms. The first kappa shape index (κ1) is 16.0. The van der Waals surface area contributed by atoms with Crippen molar-refractivity contribution >= 4 is 21.8 Å². The molecule has 0 saturated carbocycles. The lowest BCUT2D eigenvalue weighted by atomic mass is 10.1. The van der Waals surface area contributed by atoms with E-state index in [0.29, 0.717) is 13.0 Å². The molecular formula is C13H16BrF2NO2. The number of aliphatic hydroxyl groups is 1. The van der Waals surface area contributed by atoms with E-state index in [1.54, 1.807) is 0 Å². The highest BCUT2D eigenvalue weighted by Crippen LogP contribution is 2.19. The average Bonchev–Trinajstić information content (AvgIpc) is 2.33. The fraction of sp³-hybridized carbons (Fsp3) is 0.462. The third-order valence-electron chi connectivity index (χ3n) is 2.70. The molecule has 6 heteroatoms. The molecule has 0 aliphatic heterocycles. The second-order valence-corrected chi connectivity index (χ2v) is 5.35. The predicted octanol–water partition coefficient (Wildman–Crippen LogP) is 2.87. The van der Waals surface area contributed by atoms with Gasteiger partial charge < -0.3 is 10.4 Å². The van der Waals surface area contributed by atoms with Gasteiger partial charge in [0.1, 0.15) is 17.2 Å². The topological polar surface area (TPSA) is 49.3 Å². The molecule has 1 aromatic rings. The van der Waals surface area contributed by atoms with E-state index in [1.807, 2.05) is 6.92 Å². The fourth-order valence-corrected chi connectivity index (χ4v) is 1.99. The Morgan fingerprint density at radius 2 is 2.00 bits per heavy atom. The number of nitrogens with one attached hydrogen (secondary N) is 1. The highest BCUT2D eigenvalue weighted by atomic mass is 79.9. The van der Waals surface area contributed by atoms with Crippen LogP contribution in [0.5, 0.6) is 0 Å². The number of aliphatic hydroxyl groups excluding tert-OH is 1. The summed E-state index contributed by atoms with van der Waals surface area (Å²) in [5.74, 6) is -2.40. The van der Waals surface area contributed by atoms with Crippen molar-refractivity contribution in [2.24, 2.45) is 5.92 Å². The molecule has 0 bridgehead atoms. The number of carbonyl (C=O) groups excluding carboxylic acids is 1. The smallest absolute Gasteiger partial charge is 0.257 e. The van der Waals surface area contributed by atoms with Crippen molar-refractivity contribution < 1.29 is 18.7 Å². The van der Waals surface area contributed by atoms with Gasteiger partial charge in [0.25, 0.3) is 5.91 Å². The van der Waals surface area contributed by atoms with Gasteiger partial charge in [0.2, 0.25) is 0 Å². The molecule has 1 aromatic carbocycles. The van der Waals surface area contributed by atoms with Gasteiger partial charge >= 0.3 is 0 Å². The quantitative estimate of drug-likeness (QED) is 0.785. The van der Waals surface area contributed by atoms with E-state index >= 15 is 0 Å². The van der Waals surface area contributed by atoms with Crippen LogP contribution in [0.4, 0.5) is 8.78 Å². The first-order valence-corrected chi connectivity index (χ1v) is 6.78. The van der Waals surface area contributed by atoms with Gasteiger partial charge in [-0.25, -0.2) is 8.78 Å². The zero-order valence-electron chi connectivity index (χ0n) is 10.5. The Balaban J connectivity index is 2.55. The van der Waals surface area contributed by atoms with Crippen LogP contribution < -0.4 is 5.32 Å². The third-order valence-corrected chi connectivity index (χ3v) is 3.16. The summed E-state index contributed by atoms with van der Waals surface area (Å²) >= 11 is 2.95. The highest BCUT2D eigenvalue weighted by Gasteiger charge is 2.17. The lowest BCUT2D eigenvalue weighted by Crippen LogP contribution is -2.27. The Kier molecular flexibility index (Phi) is 6.37. The molecule has 0 aromatic heterocycles. The zero-order valence-corrected chi connectivity index (χ0v) is 12.1. The highest BCUT2D eigenvalue weighted by molar-refractivity contribution is 9.10. The van der Waals surface area contributed by atoms with E-state index in [0.717, 1.165) is 18.6 Å². The maximum atomic E-state index is 13.5. The molecule has 3 nitrogen and oxygen atoms in total. The summed E-state index contributed by atoms with van der Waals surface area (Å²) in [6.07, 6.45) is 1.38. The zero-order chi connectivity index (χ0) is 14.4. The molecule has 0 fully saturated rings. The van der Waals surface area contributed by atoms with E-state index in [4.69, 9.17) is 5.11 Å². The first-order chi connectivity index (χ1) is 8.95. The van der Waals surface area contributed by atoms with Crippen molar-refractivity contribution in [1.29, 1.82) is 0 Å². The summed E-state index contributed by atoms with van der Waals surface area (Å²) in [7, 11) is 0. The fourth-order valence-electron chi connectivity index (χ4n) is 1.59. The van der Waals surface area contributed by atoms with Crippen molar-refractivity contribution in [3.63, 3.8) is 0 Å². The van der Waals surface area contributed by atoms with Gasteiger partial charge in [-0.15, -0.1) is 0 Å². The molecule has 0 heterocycles. The van der Waals surface area contributed by atoms with Crippen molar-refractivity contribution in [3.05, 3.63) is 33.8 Å². The lowest BCUT2D eigenvalue weighted by molar-refractivity contribution is 0.0943. The Morgan fingerprint density at radius 1 is 1.42 bits per heavy atom. The average molecular weight is 336 g/mol. The number of rotatable bonds is 6. The molecule has 1 atom stereocenters.